The third kappa shape index (κ3) is 3.94. The fourth-order valence-electron chi connectivity index (χ4n) is 2.56. The normalized spacial score (nSPS) is 10.8. The Morgan fingerprint density at radius 2 is 1.85 bits per heavy atom. The zero-order valence-electron chi connectivity index (χ0n) is 15.4. The first-order valence-corrected chi connectivity index (χ1v) is 8.55. The number of benzene rings is 2. The van der Waals surface area contributed by atoms with E-state index in [4.69, 9.17) is 9.26 Å². The van der Waals surface area contributed by atoms with Crippen LogP contribution in [0.3, 0.4) is 0 Å². The lowest BCUT2D eigenvalue weighted by atomic mass is 10.1. The van der Waals surface area contributed by atoms with Crippen molar-refractivity contribution in [2.45, 2.75) is 33.8 Å². The Morgan fingerprint density at radius 3 is 2.54 bits per heavy atom. The Labute approximate surface area is 153 Å². The smallest absolute Gasteiger partial charge is 0.277 e. The van der Waals surface area contributed by atoms with E-state index < -0.39 is 0 Å². The van der Waals surface area contributed by atoms with Gasteiger partial charge in [0.25, 0.3) is 5.91 Å². The second-order valence-electron chi connectivity index (χ2n) is 6.47. The molecule has 3 aromatic rings. The lowest BCUT2D eigenvalue weighted by molar-refractivity contribution is 0.101. The number of rotatable bonds is 5. The van der Waals surface area contributed by atoms with Gasteiger partial charge in [-0.25, -0.2) is 0 Å². The largest absolute Gasteiger partial charge is 0.491 e. The number of anilines is 1. The van der Waals surface area contributed by atoms with E-state index in [1.807, 2.05) is 70.2 Å². The van der Waals surface area contributed by atoms with Crippen molar-refractivity contribution in [3.05, 3.63) is 65.4 Å². The van der Waals surface area contributed by atoms with Gasteiger partial charge in [0, 0.05) is 17.3 Å². The second-order valence-corrected chi connectivity index (χ2v) is 6.47. The molecule has 3 rings (SSSR count). The molecule has 5 nitrogen and oxygen atoms in total. The molecule has 2 aromatic carbocycles. The molecule has 0 aliphatic carbocycles. The van der Waals surface area contributed by atoms with Crippen LogP contribution in [-0.4, -0.2) is 17.2 Å². The van der Waals surface area contributed by atoms with Crippen LogP contribution >= 0.6 is 0 Å². The number of ether oxygens (including phenoxy) is 1. The Morgan fingerprint density at radius 1 is 1.12 bits per heavy atom. The fraction of sp³-hybridized carbons (Fsp3) is 0.238. The third-order valence-corrected chi connectivity index (χ3v) is 4.11. The van der Waals surface area contributed by atoms with Crippen molar-refractivity contribution in [2.75, 3.05) is 5.32 Å². The summed E-state index contributed by atoms with van der Waals surface area (Å²) in [6, 6.07) is 14.9. The molecule has 134 valence electrons. The lowest BCUT2D eigenvalue weighted by Crippen LogP contribution is -2.13. The third-order valence-electron chi connectivity index (χ3n) is 4.11. The predicted octanol–water partition coefficient (Wildman–Crippen LogP) is 5.00. The van der Waals surface area contributed by atoms with Crippen molar-refractivity contribution in [3.8, 4) is 17.1 Å². The van der Waals surface area contributed by atoms with Crippen LogP contribution in [0.1, 0.15) is 35.5 Å². The summed E-state index contributed by atoms with van der Waals surface area (Å²) in [6.07, 6.45) is 0.117. The van der Waals surface area contributed by atoms with E-state index in [-0.39, 0.29) is 17.7 Å². The molecule has 0 saturated heterocycles. The van der Waals surface area contributed by atoms with E-state index in [2.05, 4.69) is 10.5 Å². The number of hydrogen-bond acceptors (Lipinski definition) is 4. The van der Waals surface area contributed by atoms with Gasteiger partial charge in [0.2, 0.25) is 0 Å². The fourth-order valence-corrected chi connectivity index (χ4v) is 2.56. The molecule has 0 fully saturated rings. The first-order valence-electron chi connectivity index (χ1n) is 8.55. The molecule has 1 aromatic heterocycles. The lowest BCUT2D eigenvalue weighted by Gasteiger charge is -2.09. The van der Waals surface area contributed by atoms with Crippen LogP contribution in [0.15, 0.2) is 53.1 Å². The Balaban J connectivity index is 1.74. The number of nitrogens with one attached hydrogen (secondary N) is 1. The van der Waals surface area contributed by atoms with Crippen molar-refractivity contribution in [3.63, 3.8) is 0 Å². The van der Waals surface area contributed by atoms with E-state index >= 15 is 0 Å². The van der Waals surface area contributed by atoms with E-state index in [9.17, 15) is 4.79 Å². The summed E-state index contributed by atoms with van der Waals surface area (Å²) in [7, 11) is 0. The minimum atomic E-state index is -0.298. The van der Waals surface area contributed by atoms with E-state index in [1.54, 1.807) is 6.07 Å². The van der Waals surface area contributed by atoms with Crippen molar-refractivity contribution in [2.24, 2.45) is 0 Å². The summed E-state index contributed by atoms with van der Waals surface area (Å²) < 4.78 is 11.0. The van der Waals surface area contributed by atoms with Gasteiger partial charge in [-0.1, -0.05) is 17.3 Å². The van der Waals surface area contributed by atoms with Crippen LogP contribution in [0, 0.1) is 13.8 Å². The van der Waals surface area contributed by atoms with Crippen LogP contribution in [0.4, 0.5) is 5.69 Å². The highest BCUT2D eigenvalue weighted by atomic mass is 16.5. The van der Waals surface area contributed by atoms with E-state index in [1.165, 1.54) is 0 Å². The number of amides is 1. The molecular formula is C21H22N2O3. The molecule has 0 saturated carbocycles. The second kappa shape index (κ2) is 7.44. The summed E-state index contributed by atoms with van der Waals surface area (Å²) in [4.78, 5) is 12.4. The maximum absolute atomic E-state index is 12.4. The molecule has 0 aliphatic heterocycles. The molecular weight excluding hydrogens is 328 g/mol. The molecule has 0 atom stereocenters. The van der Waals surface area contributed by atoms with Crippen molar-refractivity contribution in [1.29, 1.82) is 0 Å². The molecule has 26 heavy (non-hydrogen) atoms. The standard InChI is InChI=1S/C21H22N2O3/c1-13(2)25-17-10-8-16(9-11-17)20-12-19(23-26-20)21(24)22-18-7-5-6-14(3)15(18)4/h5-13H,1-4H3,(H,22,24). The molecule has 0 radical (unpaired) electrons. The minimum absolute atomic E-state index is 0.117. The average Bonchev–Trinajstić information content (AvgIpc) is 3.09. The first kappa shape index (κ1) is 17.7. The van der Waals surface area contributed by atoms with Gasteiger partial charge in [0.1, 0.15) is 5.75 Å². The summed E-state index contributed by atoms with van der Waals surface area (Å²) in [6.45, 7) is 7.93. The minimum Gasteiger partial charge on any atom is -0.491 e. The molecule has 1 N–H and O–H groups in total. The molecule has 5 heteroatoms. The van der Waals surface area contributed by atoms with Crippen molar-refractivity contribution >= 4 is 11.6 Å². The Bertz CT molecular complexity index is 911. The summed E-state index contributed by atoms with van der Waals surface area (Å²) in [5, 5.41) is 6.77. The van der Waals surface area contributed by atoms with E-state index in [0.29, 0.717) is 5.76 Å². The first-order chi connectivity index (χ1) is 12.4. The molecule has 0 aliphatic rings. The highest BCUT2D eigenvalue weighted by molar-refractivity contribution is 6.03. The summed E-state index contributed by atoms with van der Waals surface area (Å²) >= 11 is 0. The summed E-state index contributed by atoms with van der Waals surface area (Å²) in [5.74, 6) is 1.02. The SMILES string of the molecule is Cc1cccc(NC(=O)c2cc(-c3ccc(OC(C)C)cc3)on2)c1C. The quantitative estimate of drug-likeness (QED) is 0.703. The van der Waals surface area contributed by atoms with Crippen molar-refractivity contribution in [1.82, 2.24) is 5.16 Å². The summed E-state index contributed by atoms with van der Waals surface area (Å²) in [5.41, 5.74) is 4.00. The van der Waals surface area contributed by atoms with Crippen LogP contribution in [0.25, 0.3) is 11.3 Å². The van der Waals surface area contributed by atoms with Crippen LogP contribution < -0.4 is 10.1 Å². The predicted molar refractivity (Wildman–Crippen MR) is 102 cm³/mol. The molecule has 1 heterocycles. The van der Waals surface area contributed by atoms with Crippen LogP contribution in [0.2, 0.25) is 0 Å². The highest BCUT2D eigenvalue weighted by Crippen LogP contribution is 2.24. The number of hydrogen-bond donors (Lipinski definition) is 1. The Hall–Kier alpha value is -3.08. The van der Waals surface area contributed by atoms with Crippen LogP contribution in [0.5, 0.6) is 5.75 Å². The van der Waals surface area contributed by atoms with Gasteiger partial charge < -0.3 is 14.6 Å². The molecule has 1 amide bonds. The van der Waals surface area contributed by atoms with Gasteiger partial charge in [0.05, 0.1) is 6.10 Å². The van der Waals surface area contributed by atoms with Gasteiger partial charge in [-0.2, -0.15) is 0 Å². The number of nitrogens with zero attached hydrogens (tertiary/aromatic N) is 1. The number of carbonyl (C=O) groups is 1. The van der Waals surface area contributed by atoms with Gasteiger partial charge in [-0.15, -0.1) is 0 Å². The highest BCUT2D eigenvalue weighted by Gasteiger charge is 2.15. The topological polar surface area (TPSA) is 64.4 Å². The van der Waals surface area contributed by atoms with Crippen LogP contribution in [-0.2, 0) is 0 Å². The average molecular weight is 350 g/mol. The number of carbonyl (C=O) groups excluding carboxylic acids is 1. The van der Waals surface area contributed by atoms with Gasteiger partial charge >= 0.3 is 0 Å². The molecule has 0 bridgehead atoms. The van der Waals surface area contributed by atoms with Gasteiger partial charge in [-0.3, -0.25) is 4.79 Å². The number of aryl methyl sites for hydroxylation is 1. The molecule has 0 spiro atoms. The van der Waals surface area contributed by atoms with E-state index in [0.717, 1.165) is 28.1 Å². The zero-order valence-corrected chi connectivity index (χ0v) is 15.4. The number of aromatic nitrogens is 1. The monoisotopic (exact) mass is 350 g/mol. The van der Waals surface area contributed by atoms with Gasteiger partial charge in [0.15, 0.2) is 11.5 Å². The Kier molecular flexibility index (Phi) is 5.07. The maximum Gasteiger partial charge on any atom is 0.277 e. The van der Waals surface area contributed by atoms with Crippen molar-refractivity contribution < 1.29 is 14.1 Å². The zero-order chi connectivity index (χ0) is 18.7. The molecule has 0 unspecified atom stereocenters. The maximum atomic E-state index is 12.4. The van der Waals surface area contributed by atoms with Gasteiger partial charge in [-0.05, 0) is 69.2 Å².